The number of carbonyl (C=O) groups is 3. The third-order valence-electron chi connectivity index (χ3n) is 6.30. The highest BCUT2D eigenvalue weighted by Crippen LogP contribution is 2.28. The third-order valence-corrected chi connectivity index (χ3v) is 6.30. The lowest BCUT2D eigenvalue weighted by Crippen LogP contribution is -2.28. The maximum absolute atomic E-state index is 13.1. The molecule has 1 aliphatic rings. The Labute approximate surface area is 200 Å². The van der Waals surface area contributed by atoms with Crippen LogP contribution in [0.3, 0.4) is 0 Å². The molecule has 1 heterocycles. The molecule has 2 N–H and O–H groups in total. The number of nitrogens with zero attached hydrogens (tertiary/aromatic N) is 1. The predicted molar refractivity (Wildman–Crippen MR) is 135 cm³/mol. The molecule has 0 unspecified atom stereocenters. The van der Waals surface area contributed by atoms with E-state index >= 15 is 0 Å². The molecule has 0 aromatic heterocycles. The first-order valence-corrected chi connectivity index (χ1v) is 11.5. The van der Waals surface area contributed by atoms with Crippen LogP contribution in [-0.4, -0.2) is 24.3 Å². The fourth-order valence-electron chi connectivity index (χ4n) is 4.26. The van der Waals surface area contributed by atoms with Gasteiger partial charge in [0.15, 0.2) is 0 Å². The highest BCUT2D eigenvalue weighted by atomic mass is 16.2. The molecule has 0 radical (unpaired) electrons. The van der Waals surface area contributed by atoms with E-state index in [-0.39, 0.29) is 24.1 Å². The van der Waals surface area contributed by atoms with E-state index in [1.165, 1.54) is 5.56 Å². The van der Waals surface area contributed by atoms with Gasteiger partial charge in [-0.25, -0.2) is 0 Å². The Bertz CT molecular complexity index is 1210. The van der Waals surface area contributed by atoms with Gasteiger partial charge in [-0.15, -0.1) is 0 Å². The van der Waals surface area contributed by atoms with E-state index in [2.05, 4.69) is 17.6 Å². The number of aryl methyl sites for hydroxylation is 3. The number of nitrogens with one attached hydrogen (secondary N) is 2. The van der Waals surface area contributed by atoms with E-state index in [1.54, 1.807) is 29.2 Å². The highest BCUT2D eigenvalue weighted by molar-refractivity contribution is 6.11. The van der Waals surface area contributed by atoms with Gasteiger partial charge in [0.2, 0.25) is 11.8 Å². The Hall–Kier alpha value is -3.93. The summed E-state index contributed by atoms with van der Waals surface area (Å²) in [4.78, 5) is 40.4. The van der Waals surface area contributed by atoms with Gasteiger partial charge in [-0.1, -0.05) is 49.4 Å². The molecular formula is C28H29N3O3. The van der Waals surface area contributed by atoms with Crippen LogP contribution in [0.2, 0.25) is 0 Å². The third kappa shape index (κ3) is 4.86. The van der Waals surface area contributed by atoms with Gasteiger partial charge >= 0.3 is 0 Å². The van der Waals surface area contributed by atoms with Gasteiger partial charge in [0.25, 0.3) is 5.91 Å². The van der Waals surface area contributed by atoms with Crippen LogP contribution in [0, 0.1) is 19.8 Å². The van der Waals surface area contributed by atoms with Crippen molar-refractivity contribution in [2.75, 3.05) is 22.1 Å². The maximum atomic E-state index is 13.1. The number of hydrogen-bond acceptors (Lipinski definition) is 3. The lowest BCUT2D eigenvalue weighted by Gasteiger charge is -2.18. The van der Waals surface area contributed by atoms with Crippen molar-refractivity contribution in [1.82, 2.24) is 0 Å². The predicted octanol–water partition coefficient (Wildman–Crippen LogP) is 5.11. The van der Waals surface area contributed by atoms with E-state index in [0.717, 1.165) is 28.9 Å². The summed E-state index contributed by atoms with van der Waals surface area (Å²) in [6.07, 6.45) is 1.06. The van der Waals surface area contributed by atoms with Gasteiger partial charge in [-0.3, -0.25) is 14.4 Å². The van der Waals surface area contributed by atoms with Crippen LogP contribution in [0.5, 0.6) is 0 Å². The van der Waals surface area contributed by atoms with Crippen molar-refractivity contribution in [1.29, 1.82) is 0 Å². The summed E-state index contributed by atoms with van der Waals surface area (Å²) < 4.78 is 0. The first-order valence-electron chi connectivity index (χ1n) is 11.5. The molecule has 1 saturated heterocycles. The van der Waals surface area contributed by atoms with Crippen molar-refractivity contribution in [3.05, 3.63) is 89.0 Å². The van der Waals surface area contributed by atoms with Crippen molar-refractivity contribution in [3.8, 4) is 0 Å². The van der Waals surface area contributed by atoms with Crippen LogP contribution in [0.25, 0.3) is 0 Å². The zero-order valence-electron chi connectivity index (χ0n) is 19.7. The van der Waals surface area contributed by atoms with Crippen LogP contribution < -0.4 is 15.5 Å². The number of benzene rings is 3. The Morgan fingerprint density at radius 3 is 2.26 bits per heavy atom. The Morgan fingerprint density at radius 2 is 1.59 bits per heavy atom. The highest BCUT2D eigenvalue weighted by Gasteiger charge is 2.35. The van der Waals surface area contributed by atoms with Gasteiger partial charge in [-0.2, -0.15) is 0 Å². The molecule has 0 aliphatic carbocycles. The number of hydrogen-bond donors (Lipinski definition) is 2. The molecule has 1 fully saturated rings. The molecular weight excluding hydrogens is 426 g/mol. The first kappa shape index (κ1) is 23.2. The minimum Gasteiger partial charge on any atom is -0.325 e. The molecule has 3 aromatic carbocycles. The molecule has 3 aromatic rings. The van der Waals surface area contributed by atoms with E-state index in [4.69, 9.17) is 0 Å². The first-order chi connectivity index (χ1) is 16.4. The number of carbonyl (C=O) groups excluding carboxylic acids is 3. The summed E-state index contributed by atoms with van der Waals surface area (Å²) >= 11 is 0. The molecule has 0 bridgehead atoms. The second kappa shape index (κ2) is 9.91. The van der Waals surface area contributed by atoms with Crippen molar-refractivity contribution in [2.24, 2.45) is 5.92 Å². The van der Waals surface area contributed by atoms with Crippen LogP contribution in [-0.2, 0) is 16.0 Å². The minimum absolute atomic E-state index is 0.0783. The topological polar surface area (TPSA) is 78.5 Å². The number of amides is 3. The van der Waals surface area contributed by atoms with E-state index in [1.807, 2.05) is 56.3 Å². The van der Waals surface area contributed by atoms with Gasteiger partial charge < -0.3 is 15.5 Å². The lowest BCUT2D eigenvalue weighted by molar-refractivity contribution is -0.122. The van der Waals surface area contributed by atoms with Gasteiger partial charge in [-0.05, 0) is 61.2 Å². The average Bonchev–Trinajstić information content (AvgIpc) is 3.23. The summed E-state index contributed by atoms with van der Waals surface area (Å²) in [6, 6.07) is 20.6. The molecule has 34 heavy (non-hydrogen) atoms. The molecule has 4 rings (SSSR count). The zero-order valence-corrected chi connectivity index (χ0v) is 19.7. The molecule has 6 heteroatoms. The van der Waals surface area contributed by atoms with Gasteiger partial charge in [0.05, 0.1) is 17.2 Å². The number of para-hydroxylation sites is 2. The SMILES string of the molecule is CCc1ccc(N2C[C@H](C(=O)Nc3ccccc3C(=O)Nc3c(C)cccc3C)CC2=O)cc1. The summed E-state index contributed by atoms with van der Waals surface area (Å²) in [5.41, 5.74) is 5.48. The fraction of sp³-hybridized carbons (Fsp3) is 0.250. The van der Waals surface area contributed by atoms with Crippen LogP contribution >= 0.6 is 0 Å². The molecule has 0 spiro atoms. The summed E-state index contributed by atoms with van der Waals surface area (Å²) in [5.74, 6) is -1.14. The lowest BCUT2D eigenvalue weighted by atomic mass is 10.1. The van der Waals surface area contributed by atoms with Crippen LogP contribution in [0.15, 0.2) is 66.7 Å². The van der Waals surface area contributed by atoms with Crippen molar-refractivity contribution in [2.45, 2.75) is 33.6 Å². The van der Waals surface area contributed by atoms with Gasteiger partial charge in [0.1, 0.15) is 0 Å². The van der Waals surface area contributed by atoms with E-state index in [0.29, 0.717) is 17.8 Å². The smallest absolute Gasteiger partial charge is 0.257 e. The molecule has 3 amide bonds. The molecule has 1 atom stereocenters. The van der Waals surface area contributed by atoms with Crippen LogP contribution in [0.1, 0.15) is 40.4 Å². The molecule has 6 nitrogen and oxygen atoms in total. The van der Waals surface area contributed by atoms with E-state index < -0.39 is 5.92 Å². The fourth-order valence-corrected chi connectivity index (χ4v) is 4.26. The second-order valence-electron chi connectivity index (χ2n) is 8.68. The molecule has 0 saturated carbocycles. The number of anilines is 3. The Morgan fingerprint density at radius 1 is 0.912 bits per heavy atom. The summed E-state index contributed by atoms with van der Waals surface area (Å²) in [6.45, 7) is 6.27. The number of rotatable bonds is 6. The van der Waals surface area contributed by atoms with Crippen molar-refractivity contribution < 1.29 is 14.4 Å². The minimum atomic E-state index is -0.493. The summed E-state index contributed by atoms with van der Waals surface area (Å²) in [7, 11) is 0. The quantitative estimate of drug-likeness (QED) is 0.542. The molecule has 174 valence electrons. The average molecular weight is 456 g/mol. The van der Waals surface area contributed by atoms with Crippen molar-refractivity contribution in [3.63, 3.8) is 0 Å². The molecule has 1 aliphatic heterocycles. The monoisotopic (exact) mass is 455 g/mol. The largest absolute Gasteiger partial charge is 0.325 e. The zero-order chi connectivity index (χ0) is 24.2. The summed E-state index contributed by atoms with van der Waals surface area (Å²) in [5, 5.41) is 5.85. The second-order valence-corrected chi connectivity index (χ2v) is 8.68. The van der Waals surface area contributed by atoms with E-state index in [9.17, 15) is 14.4 Å². The Kier molecular flexibility index (Phi) is 6.77. The normalized spacial score (nSPS) is 15.3. The Balaban J connectivity index is 1.47. The standard InChI is InChI=1S/C28H29N3O3/c1-4-20-12-14-22(15-13-20)31-17-21(16-25(31)32)27(33)29-24-11-6-5-10-23(24)28(34)30-26-18(2)8-7-9-19(26)3/h5-15,21H,4,16-17H2,1-3H3,(H,29,33)(H,30,34)/t21-/m1/s1. The van der Waals surface area contributed by atoms with Crippen LogP contribution in [0.4, 0.5) is 17.1 Å². The van der Waals surface area contributed by atoms with Crippen molar-refractivity contribution >= 4 is 34.8 Å². The van der Waals surface area contributed by atoms with Gasteiger partial charge in [0, 0.05) is 24.3 Å². The maximum Gasteiger partial charge on any atom is 0.257 e.